The summed E-state index contributed by atoms with van der Waals surface area (Å²) in [6, 6.07) is -0.809. The van der Waals surface area contributed by atoms with Crippen molar-refractivity contribution in [3.05, 3.63) is 23.8 Å². The van der Waals surface area contributed by atoms with Crippen molar-refractivity contribution in [1.29, 1.82) is 0 Å². The van der Waals surface area contributed by atoms with Gasteiger partial charge >= 0.3 is 17.9 Å². The van der Waals surface area contributed by atoms with Crippen LogP contribution >= 0.6 is 0 Å². The Labute approximate surface area is 432 Å². The number of carbonyl (C=O) groups excluding carboxylic acids is 5. The number of ketones is 1. The number of cyclic esters (lactones) is 1. The summed E-state index contributed by atoms with van der Waals surface area (Å²) in [6.07, 6.45) is -8.67. The van der Waals surface area contributed by atoms with Gasteiger partial charge in [-0.05, 0) is 79.5 Å². The maximum Gasteiger partial charge on any atom is 0.309 e. The molecule has 4 aliphatic heterocycles. The molecule has 20 nitrogen and oxygen atoms in total. The first kappa shape index (κ1) is 62.3. The van der Waals surface area contributed by atoms with E-state index >= 15 is 0 Å². The zero-order chi connectivity index (χ0) is 54.6. The van der Waals surface area contributed by atoms with Crippen LogP contribution in [0, 0.1) is 29.6 Å². The van der Waals surface area contributed by atoms with Crippen molar-refractivity contribution in [1.82, 2.24) is 4.90 Å². The molecular weight excluding hydrogens is 955 g/mol. The topological polar surface area (TPSA) is 251 Å². The summed E-state index contributed by atoms with van der Waals surface area (Å²) in [5.74, 6) is -4.87. The number of likely N-dealkylation sites (N-methyl/N-ethyl adjacent to an activating group) is 1. The summed E-state index contributed by atoms with van der Waals surface area (Å²) in [4.78, 5) is 67.9. The number of aldehydes is 1. The molecule has 20 heteroatoms. The number of methoxy groups -OCH3 is 2. The minimum absolute atomic E-state index is 0.0378. The summed E-state index contributed by atoms with van der Waals surface area (Å²) in [6.45, 7) is 18.7. The van der Waals surface area contributed by atoms with Gasteiger partial charge in [-0.2, -0.15) is 0 Å². The van der Waals surface area contributed by atoms with E-state index in [9.17, 15) is 39.3 Å². The van der Waals surface area contributed by atoms with E-state index in [4.69, 9.17) is 52.1 Å². The maximum atomic E-state index is 14.2. The highest BCUT2D eigenvalue weighted by atomic mass is 16.7. The Morgan fingerprint density at radius 3 is 2.12 bits per heavy atom. The lowest BCUT2D eigenvalue weighted by atomic mass is 9.79. The molecule has 21 atom stereocenters. The van der Waals surface area contributed by atoms with Crippen molar-refractivity contribution in [3.63, 3.8) is 0 Å². The lowest BCUT2D eigenvalue weighted by Gasteiger charge is -2.50. The number of aliphatic hydroxyl groups excluding tert-OH is 2. The minimum Gasteiger partial charge on any atom is -0.462 e. The van der Waals surface area contributed by atoms with E-state index in [1.165, 1.54) is 27.2 Å². The van der Waals surface area contributed by atoms with Crippen LogP contribution in [-0.2, 0) is 76.1 Å². The Bertz CT molecular complexity index is 1860. The van der Waals surface area contributed by atoms with Crippen molar-refractivity contribution in [2.45, 2.75) is 218 Å². The molecule has 0 aromatic rings. The van der Waals surface area contributed by atoms with E-state index in [0.29, 0.717) is 18.3 Å². The smallest absolute Gasteiger partial charge is 0.309 e. The molecule has 418 valence electrons. The maximum absolute atomic E-state index is 14.2. The van der Waals surface area contributed by atoms with Crippen molar-refractivity contribution >= 4 is 30.0 Å². The molecule has 3 N–H and O–H groups in total. The van der Waals surface area contributed by atoms with Crippen LogP contribution in [0.25, 0.3) is 0 Å². The van der Waals surface area contributed by atoms with Gasteiger partial charge in [-0.25, -0.2) is 0 Å². The molecule has 0 unspecified atom stereocenters. The number of carbonyl (C=O) groups is 5. The van der Waals surface area contributed by atoms with Crippen LogP contribution in [0.3, 0.4) is 0 Å². The van der Waals surface area contributed by atoms with Crippen molar-refractivity contribution in [3.8, 4) is 0 Å². The number of esters is 3. The van der Waals surface area contributed by atoms with E-state index in [1.807, 2.05) is 26.8 Å². The lowest BCUT2D eigenvalue weighted by molar-refractivity contribution is -0.342. The third-order valence-electron chi connectivity index (χ3n) is 14.5. The molecule has 73 heavy (non-hydrogen) atoms. The predicted molar refractivity (Wildman–Crippen MR) is 263 cm³/mol. The Morgan fingerprint density at radius 1 is 0.890 bits per heavy atom. The number of allylic oxidation sites excluding steroid dienone is 3. The van der Waals surface area contributed by atoms with E-state index in [0.717, 1.165) is 0 Å². The molecule has 3 saturated heterocycles. The number of nitrogens with zero attached hydrogens (tertiary/aromatic N) is 1. The second-order valence-electron chi connectivity index (χ2n) is 21.4. The Kier molecular flexibility index (Phi) is 24.1. The van der Waals surface area contributed by atoms with Gasteiger partial charge in [0.25, 0.3) is 0 Å². The van der Waals surface area contributed by atoms with Crippen LogP contribution in [0.2, 0.25) is 0 Å². The van der Waals surface area contributed by atoms with Gasteiger partial charge in [-0.15, -0.1) is 0 Å². The molecule has 4 aliphatic rings. The standard InChI is InChI=1S/C53H87NO19/c1-16-38-36(26-65-52-49(64-15)48(63-14)44(60)31(7)67-52)22-28(4)17-18-37(57)29(5)23-35(19-20-55)46(30(6)39(69-34(10)56)24-41(59)70-38)73-51-45(61)43(54(12)13)47(32(8)68-51)72-42-25-53(11,62)50(33(9)66-42)71-40(58)21-27(2)3/h17-18,20,22,27,29-33,35-36,38-39,42-52,60-62H,16,19,21,23-26H2,1-15H3/b18-17+,28-22+/t29-,30+,31-,32-,33+,35+,36-,38-,39-,42+,43-,44-,45-,46-,47-,48-,49-,50+,51+,52-,53-/m1/s1. The van der Waals surface area contributed by atoms with Crippen LogP contribution in [0.1, 0.15) is 115 Å². The zero-order valence-corrected chi connectivity index (χ0v) is 45.7. The van der Waals surface area contributed by atoms with E-state index in [-0.39, 0.29) is 44.0 Å². The second-order valence-corrected chi connectivity index (χ2v) is 21.4. The molecule has 0 aliphatic carbocycles. The molecule has 0 spiro atoms. The van der Waals surface area contributed by atoms with Gasteiger partial charge in [0.15, 0.2) is 30.8 Å². The molecule has 4 heterocycles. The van der Waals surface area contributed by atoms with Gasteiger partial charge in [0.05, 0.1) is 43.5 Å². The number of hydrogen-bond donors (Lipinski definition) is 3. The normalized spacial score (nSPS) is 41.6. The van der Waals surface area contributed by atoms with Crippen molar-refractivity contribution < 1.29 is 91.4 Å². The highest BCUT2D eigenvalue weighted by Crippen LogP contribution is 2.39. The second kappa shape index (κ2) is 28.2. The monoisotopic (exact) mass is 1040 g/mol. The van der Waals surface area contributed by atoms with Crippen LogP contribution in [0.5, 0.6) is 0 Å². The van der Waals surface area contributed by atoms with Gasteiger partial charge in [0.1, 0.15) is 54.6 Å². The Balaban J connectivity index is 1.66. The van der Waals surface area contributed by atoms with Crippen molar-refractivity contribution in [2.75, 3.05) is 34.9 Å². The highest BCUT2D eigenvalue weighted by Gasteiger charge is 2.53. The number of ether oxygens (including phenoxy) is 11. The van der Waals surface area contributed by atoms with Crippen LogP contribution in [-0.4, -0.2) is 189 Å². The van der Waals surface area contributed by atoms with E-state index in [1.54, 1.807) is 73.5 Å². The van der Waals surface area contributed by atoms with Gasteiger partial charge < -0.3 is 77.1 Å². The van der Waals surface area contributed by atoms with Crippen molar-refractivity contribution in [2.24, 2.45) is 29.6 Å². The summed E-state index contributed by atoms with van der Waals surface area (Å²) < 4.78 is 67.2. The zero-order valence-electron chi connectivity index (χ0n) is 45.7. The molecule has 4 rings (SSSR count). The predicted octanol–water partition coefficient (Wildman–Crippen LogP) is 4.00. The molecule has 0 saturated carbocycles. The van der Waals surface area contributed by atoms with Gasteiger partial charge in [-0.3, -0.25) is 19.2 Å². The minimum atomic E-state index is -1.53. The summed E-state index contributed by atoms with van der Waals surface area (Å²) in [5, 5.41) is 34.6. The largest absolute Gasteiger partial charge is 0.462 e. The van der Waals surface area contributed by atoms with Gasteiger partial charge in [0.2, 0.25) is 0 Å². The fraction of sp³-hybridized carbons (Fsp3) is 0.830. The van der Waals surface area contributed by atoms with Crippen LogP contribution in [0.4, 0.5) is 0 Å². The third kappa shape index (κ3) is 16.9. The Hall–Kier alpha value is -3.25. The molecule has 3 fully saturated rings. The van der Waals surface area contributed by atoms with Gasteiger partial charge in [-0.1, -0.05) is 52.3 Å². The third-order valence-corrected chi connectivity index (χ3v) is 14.5. The van der Waals surface area contributed by atoms with E-state index < -0.39 is 152 Å². The molecule has 0 aromatic heterocycles. The number of aliphatic hydroxyl groups is 3. The summed E-state index contributed by atoms with van der Waals surface area (Å²) >= 11 is 0. The molecule has 0 amide bonds. The first-order valence-corrected chi connectivity index (χ1v) is 25.9. The van der Waals surface area contributed by atoms with E-state index in [2.05, 4.69) is 0 Å². The summed E-state index contributed by atoms with van der Waals surface area (Å²) in [5.41, 5.74) is -0.865. The molecule has 0 radical (unpaired) electrons. The number of rotatable bonds is 17. The summed E-state index contributed by atoms with van der Waals surface area (Å²) in [7, 11) is 6.41. The van der Waals surface area contributed by atoms with Crippen LogP contribution in [0.15, 0.2) is 23.8 Å². The Morgan fingerprint density at radius 2 is 1.55 bits per heavy atom. The molecular formula is C53H87NO19. The average molecular weight is 1040 g/mol. The fourth-order valence-electron chi connectivity index (χ4n) is 10.6. The highest BCUT2D eigenvalue weighted by molar-refractivity contribution is 5.91. The first-order valence-electron chi connectivity index (χ1n) is 25.9. The first-order chi connectivity index (χ1) is 34.3. The fourth-order valence-corrected chi connectivity index (χ4v) is 10.6. The quantitative estimate of drug-likeness (QED) is 0.106. The van der Waals surface area contributed by atoms with Crippen LogP contribution < -0.4 is 0 Å². The average Bonchev–Trinajstić information content (AvgIpc) is 3.29. The molecule has 0 aromatic carbocycles. The van der Waals surface area contributed by atoms with Gasteiger partial charge in [0, 0.05) is 58.2 Å². The molecule has 0 bridgehead atoms. The lowest BCUT2D eigenvalue weighted by Crippen LogP contribution is -2.65. The SMILES string of the molecule is CC[C@H]1OC(=O)C[C@@H](OC(C)=O)[C@H](C)[C@@H](O[C@@H]2O[C@H](C)[C@@H](O[C@H]3C[C@@](C)(O)[C@@H](OC(=O)CC(C)C)[C@H](C)O3)[C@H](N(C)C)[C@H]2O)[C@@H](CC=O)C[C@@H](C)C(=O)/C=C/C(C)=C/[C@@H]1CO[C@@H]1O[C@H](C)[C@@H](O)[C@@H](OC)[C@H]1OC. The number of hydrogen-bond acceptors (Lipinski definition) is 20.